The van der Waals surface area contributed by atoms with E-state index in [0.717, 1.165) is 39.9 Å². The molecule has 0 atom stereocenters. The topological polar surface area (TPSA) is 64.2 Å². The molecule has 1 aromatic carbocycles. The van der Waals surface area contributed by atoms with E-state index >= 15 is 0 Å². The van der Waals surface area contributed by atoms with Crippen LogP contribution in [0, 0.1) is 0 Å². The Kier molecular flexibility index (Phi) is 4.77. The molecule has 3 heterocycles. The van der Waals surface area contributed by atoms with E-state index in [9.17, 15) is 4.79 Å². The van der Waals surface area contributed by atoms with E-state index in [0.29, 0.717) is 6.54 Å². The van der Waals surface area contributed by atoms with Gasteiger partial charge in [-0.2, -0.15) is 0 Å². The minimum atomic E-state index is 0.0148. The first-order chi connectivity index (χ1) is 13.2. The first kappa shape index (κ1) is 17.5. The number of hydrogen-bond acceptors (Lipinski definition) is 5. The standard InChI is InChI=1S/C20H20N4O2S/c1-3-24-16-8-5-4-7-15(16)22-18(24)12-23(2)19(25)11-14-13-27-20(21-14)17-9-6-10-26-17/h4-10,13H,3,11-12H2,1-2H3. The van der Waals surface area contributed by atoms with Crippen LogP contribution >= 0.6 is 11.3 Å². The molecule has 3 aromatic heterocycles. The molecule has 6 nitrogen and oxygen atoms in total. The minimum absolute atomic E-state index is 0.0148. The van der Waals surface area contributed by atoms with E-state index < -0.39 is 0 Å². The Hall–Kier alpha value is -2.93. The van der Waals surface area contributed by atoms with Crippen molar-refractivity contribution in [2.24, 2.45) is 0 Å². The molecule has 0 bridgehead atoms. The van der Waals surface area contributed by atoms with Crippen LogP contribution in [0.25, 0.3) is 21.8 Å². The van der Waals surface area contributed by atoms with Gasteiger partial charge in [-0.25, -0.2) is 9.97 Å². The van der Waals surface area contributed by atoms with Crippen LogP contribution in [-0.2, 0) is 24.3 Å². The number of amides is 1. The van der Waals surface area contributed by atoms with Gasteiger partial charge in [0.05, 0.1) is 36.0 Å². The highest BCUT2D eigenvalue weighted by atomic mass is 32.1. The normalized spacial score (nSPS) is 11.2. The fourth-order valence-electron chi connectivity index (χ4n) is 3.09. The lowest BCUT2D eigenvalue weighted by molar-refractivity contribution is -0.129. The summed E-state index contributed by atoms with van der Waals surface area (Å²) >= 11 is 1.48. The van der Waals surface area contributed by atoms with Crippen LogP contribution < -0.4 is 0 Å². The Morgan fingerprint density at radius 1 is 1.22 bits per heavy atom. The van der Waals surface area contributed by atoms with Crippen LogP contribution in [0.2, 0.25) is 0 Å². The zero-order valence-electron chi connectivity index (χ0n) is 15.3. The molecule has 0 N–H and O–H groups in total. The van der Waals surface area contributed by atoms with Gasteiger partial charge in [-0.05, 0) is 31.2 Å². The quantitative estimate of drug-likeness (QED) is 0.508. The Bertz CT molecular complexity index is 1060. The molecule has 4 aromatic rings. The number of para-hydroxylation sites is 2. The first-order valence-corrected chi connectivity index (χ1v) is 9.70. The molecule has 1 amide bonds. The maximum atomic E-state index is 12.7. The number of carbonyl (C=O) groups excluding carboxylic acids is 1. The van der Waals surface area contributed by atoms with Crippen molar-refractivity contribution in [1.29, 1.82) is 0 Å². The number of thiazole rings is 1. The third-order valence-corrected chi connectivity index (χ3v) is 5.38. The zero-order valence-corrected chi connectivity index (χ0v) is 16.1. The van der Waals surface area contributed by atoms with Crippen molar-refractivity contribution in [3.8, 4) is 10.8 Å². The average molecular weight is 380 g/mol. The molecule has 0 spiro atoms. The number of nitrogens with zero attached hydrogens (tertiary/aromatic N) is 4. The molecular weight excluding hydrogens is 360 g/mol. The Labute approximate surface area is 161 Å². The summed E-state index contributed by atoms with van der Waals surface area (Å²) in [5, 5.41) is 2.70. The Morgan fingerprint density at radius 2 is 2.07 bits per heavy atom. The van der Waals surface area contributed by atoms with Gasteiger partial charge in [0, 0.05) is 19.0 Å². The number of furan rings is 1. The number of likely N-dealkylation sites (N-methyl/N-ethyl adjacent to an activating group) is 1. The lowest BCUT2D eigenvalue weighted by Crippen LogP contribution is -2.29. The van der Waals surface area contributed by atoms with Crippen LogP contribution in [0.4, 0.5) is 0 Å². The van der Waals surface area contributed by atoms with Crippen molar-refractivity contribution in [3.05, 3.63) is 59.6 Å². The number of carbonyl (C=O) groups is 1. The van der Waals surface area contributed by atoms with Crippen LogP contribution in [0.5, 0.6) is 0 Å². The number of hydrogen-bond donors (Lipinski definition) is 0. The smallest absolute Gasteiger partial charge is 0.228 e. The predicted molar refractivity (Wildman–Crippen MR) is 105 cm³/mol. The number of aryl methyl sites for hydroxylation is 1. The van der Waals surface area contributed by atoms with Crippen molar-refractivity contribution < 1.29 is 9.21 Å². The van der Waals surface area contributed by atoms with Gasteiger partial charge in [0.2, 0.25) is 5.91 Å². The largest absolute Gasteiger partial charge is 0.462 e. The second-order valence-corrected chi connectivity index (χ2v) is 7.17. The lowest BCUT2D eigenvalue weighted by atomic mass is 10.3. The van der Waals surface area contributed by atoms with E-state index in [4.69, 9.17) is 9.40 Å². The van der Waals surface area contributed by atoms with Crippen LogP contribution in [0.1, 0.15) is 18.4 Å². The minimum Gasteiger partial charge on any atom is -0.462 e. The molecule has 0 saturated heterocycles. The van der Waals surface area contributed by atoms with Gasteiger partial charge in [0.1, 0.15) is 5.82 Å². The van der Waals surface area contributed by atoms with E-state index in [1.807, 2.05) is 42.8 Å². The summed E-state index contributed by atoms with van der Waals surface area (Å²) in [7, 11) is 1.81. The van der Waals surface area contributed by atoms with Gasteiger partial charge in [-0.1, -0.05) is 12.1 Å². The number of imidazole rings is 1. The van der Waals surface area contributed by atoms with Gasteiger partial charge < -0.3 is 13.9 Å². The van der Waals surface area contributed by atoms with Crippen LogP contribution in [0.3, 0.4) is 0 Å². The number of rotatable bonds is 6. The van der Waals surface area contributed by atoms with Gasteiger partial charge in [-0.15, -0.1) is 11.3 Å². The molecular formula is C20H20N4O2S. The van der Waals surface area contributed by atoms with Crippen molar-refractivity contribution >= 4 is 28.3 Å². The maximum Gasteiger partial charge on any atom is 0.228 e. The van der Waals surface area contributed by atoms with Gasteiger partial charge in [0.25, 0.3) is 0 Å². The summed E-state index contributed by atoms with van der Waals surface area (Å²) < 4.78 is 7.51. The van der Waals surface area contributed by atoms with Crippen molar-refractivity contribution in [3.63, 3.8) is 0 Å². The fraction of sp³-hybridized carbons (Fsp3) is 0.250. The molecule has 7 heteroatoms. The highest BCUT2D eigenvalue weighted by Gasteiger charge is 2.17. The van der Waals surface area contributed by atoms with Crippen molar-refractivity contribution in [2.75, 3.05) is 7.05 Å². The summed E-state index contributed by atoms with van der Waals surface area (Å²) in [5.41, 5.74) is 2.81. The molecule has 0 radical (unpaired) electrons. The highest BCUT2D eigenvalue weighted by Crippen LogP contribution is 2.24. The molecule has 0 aliphatic carbocycles. The Balaban J connectivity index is 1.47. The van der Waals surface area contributed by atoms with Crippen molar-refractivity contribution in [2.45, 2.75) is 26.4 Å². The van der Waals surface area contributed by atoms with Gasteiger partial charge in [-0.3, -0.25) is 4.79 Å². The van der Waals surface area contributed by atoms with Crippen LogP contribution in [-0.4, -0.2) is 32.4 Å². The molecule has 0 unspecified atom stereocenters. The summed E-state index contributed by atoms with van der Waals surface area (Å²) in [6.07, 6.45) is 1.88. The fourth-order valence-corrected chi connectivity index (χ4v) is 3.88. The summed E-state index contributed by atoms with van der Waals surface area (Å²) in [5.74, 6) is 1.63. The second-order valence-electron chi connectivity index (χ2n) is 6.31. The Morgan fingerprint density at radius 3 is 2.85 bits per heavy atom. The van der Waals surface area contributed by atoms with Crippen molar-refractivity contribution in [1.82, 2.24) is 19.4 Å². The third-order valence-electron chi connectivity index (χ3n) is 4.47. The third kappa shape index (κ3) is 3.50. The van der Waals surface area contributed by atoms with Gasteiger partial charge in [0.15, 0.2) is 10.8 Å². The van der Waals surface area contributed by atoms with E-state index in [1.165, 1.54) is 11.3 Å². The van der Waals surface area contributed by atoms with E-state index in [2.05, 4.69) is 22.5 Å². The molecule has 0 saturated carbocycles. The maximum absolute atomic E-state index is 12.7. The number of aromatic nitrogens is 3. The SMILES string of the molecule is CCn1c(CN(C)C(=O)Cc2csc(-c3ccco3)n2)nc2ccccc21. The monoisotopic (exact) mass is 380 g/mol. The first-order valence-electron chi connectivity index (χ1n) is 8.82. The second kappa shape index (κ2) is 7.36. The lowest BCUT2D eigenvalue weighted by Gasteiger charge is -2.17. The molecule has 0 aliphatic rings. The molecule has 0 fully saturated rings. The summed E-state index contributed by atoms with van der Waals surface area (Å²) in [4.78, 5) is 23.6. The van der Waals surface area contributed by atoms with Gasteiger partial charge >= 0.3 is 0 Å². The van der Waals surface area contributed by atoms with Crippen LogP contribution in [0.15, 0.2) is 52.5 Å². The highest BCUT2D eigenvalue weighted by molar-refractivity contribution is 7.13. The van der Waals surface area contributed by atoms with E-state index in [-0.39, 0.29) is 12.3 Å². The molecule has 27 heavy (non-hydrogen) atoms. The van der Waals surface area contributed by atoms with E-state index in [1.54, 1.807) is 11.2 Å². The average Bonchev–Trinajstić information content (AvgIpc) is 3.40. The summed E-state index contributed by atoms with van der Waals surface area (Å²) in [6.45, 7) is 3.37. The molecule has 0 aliphatic heterocycles. The molecule has 138 valence electrons. The molecule has 4 rings (SSSR count). The number of benzene rings is 1. The summed E-state index contributed by atoms with van der Waals surface area (Å²) in [6, 6.07) is 11.7. The predicted octanol–water partition coefficient (Wildman–Crippen LogP) is 3.97. The number of fused-ring (bicyclic) bond motifs is 1. The zero-order chi connectivity index (χ0) is 18.8.